The molecule has 1 heterocycles. The van der Waals surface area contributed by atoms with Crippen molar-refractivity contribution in [3.05, 3.63) is 60.7 Å². The van der Waals surface area contributed by atoms with Gasteiger partial charge in [-0.3, -0.25) is 9.36 Å². The number of carbonyl (C=O) groups is 1. The summed E-state index contributed by atoms with van der Waals surface area (Å²) in [4.78, 5) is 11.9. The number of amides is 1. The van der Waals surface area contributed by atoms with E-state index in [1.54, 1.807) is 11.8 Å². The lowest BCUT2D eigenvalue weighted by molar-refractivity contribution is -0.121. The minimum absolute atomic E-state index is 0.135. The molecule has 3 rings (SSSR count). The zero-order chi connectivity index (χ0) is 20.3. The molecule has 0 bridgehead atoms. The maximum atomic E-state index is 11.9. The minimum atomic E-state index is 0.135. The van der Waals surface area contributed by atoms with E-state index in [0.29, 0.717) is 6.42 Å². The van der Waals surface area contributed by atoms with Gasteiger partial charge in [0.2, 0.25) is 5.91 Å². The fraction of sp³-hybridized carbons (Fsp3) is 0.348. The van der Waals surface area contributed by atoms with Crippen LogP contribution in [0.3, 0.4) is 0 Å². The Bertz CT molecular complexity index is 880. The van der Waals surface area contributed by atoms with E-state index in [1.807, 2.05) is 48.5 Å². The lowest BCUT2D eigenvalue weighted by atomic mass is 10.2. The summed E-state index contributed by atoms with van der Waals surface area (Å²) < 4.78 is 2.09. The fourth-order valence-electron chi connectivity index (χ4n) is 3.03. The molecule has 1 aromatic heterocycles. The third-order valence-electron chi connectivity index (χ3n) is 4.56. The van der Waals surface area contributed by atoms with E-state index in [-0.39, 0.29) is 5.91 Å². The summed E-state index contributed by atoms with van der Waals surface area (Å²) in [7, 11) is 0. The number of hydrogen-bond donors (Lipinski definition) is 1. The number of carbonyl (C=O) groups excluding carboxylic acids is 1. The number of unbranched alkanes of at least 4 members (excludes halogenated alkanes) is 2. The summed E-state index contributed by atoms with van der Waals surface area (Å²) >= 11 is 1.64. The molecular weight excluding hydrogens is 380 g/mol. The Kier molecular flexibility index (Phi) is 8.31. The molecule has 5 nitrogen and oxygen atoms in total. The van der Waals surface area contributed by atoms with Gasteiger partial charge in [-0.15, -0.1) is 10.2 Å². The third-order valence-corrected chi connectivity index (χ3v) is 5.58. The average molecular weight is 409 g/mol. The minimum Gasteiger partial charge on any atom is -0.356 e. The second kappa shape index (κ2) is 11.4. The first-order valence-corrected chi connectivity index (χ1v) is 11.2. The van der Waals surface area contributed by atoms with Gasteiger partial charge in [-0.05, 0) is 25.0 Å². The summed E-state index contributed by atoms with van der Waals surface area (Å²) in [6, 6.07) is 20.2. The topological polar surface area (TPSA) is 59.8 Å². The van der Waals surface area contributed by atoms with Crippen molar-refractivity contribution in [3.63, 3.8) is 0 Å². The SMILES string of the molecule is CCCCCNC(=O)CCCSc1nnc(-c2ccccc2)n1-c1ccccc1. The zero-order valence-electron chi connectivity index (χ0n) is 16.9. The van der Waals surface area contributed by atoms with Crippen molar-refractivity contribution in [2.45, 2.75) is 44.2 Å². The van der Waals surface area contributed by atoms with Crippen LogP contribution in [0.2, 0.25) is 0 Å². The Morgan fingerprint density at radius 1 is 0.966 bits per heavy atom. The van der Waals surface area contributed by atoms with Crippen molar-refractivity contribution in [1.82, 2.24) is 20.1 Å². The van der Waals surface area contributed by atoms with Crippen LogP contribution in [0.1, 0.15) is 39.0 Å². The normalized spacial score (nSPS) is 10.8. The molecule has 0 unspecified atom stereocenters. The average Bonchev–Trinajstić information content (AvgIpc) is 3.19. The summed E-state index contributed by atoms with van der Waals surface area (Å²) in [5.74, 6) is 1.78. The van der Waals surface area contributed by atoms with Gasteiger partial charge in [0.15, 0.2) is 11.0 Å². The van der Waals surface area contributed by atoms with E-state index in [9.17, 15) is 4.79 Å². The lowest BCUT2D eigenvalue weighted by Gasteiger charge is -2.10. The molecule has 0 aliphatic carbocycles. The van der Waals surface area contributed by atoms with Crippen molar-refractivity contribution in [1.29, 1.82) is 0 Å². The molecule has 6 heteroatoms. The van der Waals surface area contributed by atoms with E-state index < -0.39 is 0 Å². The molecule has 152 valence electrons. The highest BCUT2D eigenvalue weighted by atomic mass is 32.2. The molecular formula is C23H28N4OS. The van der Waals surface area contributed by atoms with Gasteiger partial charge in [0.25, 0.3) is 0 Å². The molecule has 0 spiro atoms. The summed E-state index contributed by atoms with van der Waals surface area (Å²) in [5.41, 5.74) is 2.06. The van der Waals surface area contributed by atoms with Crippen molar-refractivity contribution in [2.24, 2.45) is 0 Å². The Labute approximate surface area is 176 Å². The highest BCUT2D eigenvalue weighted by molar-refractivity contribution is 7.99. The molecule has 3 aromatic rings. The monoisotopic (exact) mass is 408 g/mol. The van der Waals surface area contributed by atoms with Crippen LogP contribution in [0.4, 0.5) is 0 Å². The number of rotatable bonds is 11. The van der Waals surface area contributed by atoms with Crippen LogP contribution in [0.25, 0.3) is 17.1 Å². The first-order valence-electron chi connectivity index (χ1n) is 10.3. The highest BCUT2D eigenvalue weighted by Crippen LogP contribution is 2.28. The Morgan fingerprint density at radius 2 is 1.69 bits per heavy atom. The number of benzene rings is 2. The van der Waals surface area contributed by atoms with Gasteiger partial charge < -0.3 is 5.32 Å². The predicted molar refractivity (Wildman–Crippen MR) is 119 cm³/mol. The molecule has 0 atom stereocenters. The number of thioether (sulfide) groups is 1. The summed E-state index contributed by atoms with van der Waals surface area (Å²) in [5, 5.41) is 12.7. The second-order valence-corrected chi connectivity index (χ2v) is 7.91. The molecule has 1 N–H and O–H groups in total. The molecule has 2 aromatic carbocycles. The quantitative estimate of drug-likeness (QED) is 0.354. The number of para-hydroxylation sites is 1. The van der Waals surface area contributed by atoms with Crippen molar-refractivity contribution < 1.29 is 4.79 Å². The zero-order valence-corrected chi connectivity index (χ0v) is 17.7. The first-order chi connectivity index (χ1) is 14.3. The number of hydrogen-bond acceptors (Lipinski definition) is 4. The molecule has 1 amide bonds. The van der Waals surface area contributed by atoms with Gasteiger partial charge in [-0.1, -0.05) is 80.1 Å². The van der Waals surface area contributed by atoms with E-state index in [4.69, 9.17) is 0 Å². The molecule has 0 fully saturated rings. The number of nitrogens with one attached hydrogen (secondary N) is 1. The van der Waals surface area contributed by atoms with E-state index in [0.717, 1.165) is 53.8 Å². The summed E-state index contributed by atoms with van der Waals surface area (Å²) in [6.45, 7) is 2.94. The Hall–Kier alpha value is -2.60. The van der Waals surface area contributed by atoms with Crippen LogP contribution in [0.15, 0.2) is 65.8 Å². The van der Waals surface area contributed by atoms with Crippen molar-refractivity contribution >= 4 is 17.7 Å². The number of aromatic nitrogens is 3. The van der Waals surface area contributed by atoms with Crippen LogP contribution in [-0.4, -0.2) is 33.0 Å². The molecule has 0 saturated carbocycles. The highest BCUT2D eigenvalue weighted by Gasteiger charge is 2.15. The molecule has 0 radical (unpaired) electrons. The van der Waals surface area contributed by atoms with Crippen molar-refractivity contribution in [2.75, 3.05) is 12.3 Å². The van der Waals surface area contributed by atoms with Crippen LogP contribution < -0.4 is 5.32 Å². The van der Waals surface area contributed by atoms with Crippen LogP contribution in [-0.2, 0) is 4.79 Å². The van der Waals surface area contributed by atoms with E-state index >= 15 is 0 Å². The van der Waals surface area contributed by atoms with Crippen molar-refractivity contribution in [3.8, 4) is 17.1 Å². The van der Waals surface area contributed by atoms with Gasteiger partial charge in [0.1, 0.15) is 0 Å². The molecule has 0 aliphatic rings. The maximum Gasteiger partial charge on any atom is 0.220 e. The third kappa shape index (κ3) is 6.19. The van der Waals surface area contributed by atoms with Gasteiger partial charge >= 0.3 is 0 Å². The van der Waals surface area contributed by atoms with Gasteiger partial charge in [0, 0.05) is 30.0 Å². The van der Waals surface area contributed by atoms with Crippen LogP contribution in [0.5, 0.6) is 0 Å². The molecule has 0 aliphatic heterocycles. The fourth-order valence-corrected chi connectivity index (χ4v) is 3.93. The smallest absolute Gasteiger partial charge is 0.220 e. The van der Waals surface area contributed by atoms with Gasteiger partial charge in [0.05, 0.1) is 0 Å². The predicted octanol–water partition coefficient (Wildman–Crippen LogP) is 5.11. The van der Waals surface area contributed by atoms with E-state index in [2.05, 4.69) is 39.1 Å². The maximum absolute atomic E-state index is 11.9. The lowest BCUT2D eigenvalue weighted by Crippen LogP contribution is -2.24. The first kappa shape index (κ1) is 21.1. The second-order valence-electron chi connectivity index (χ2n) is 6.85. The number of nitrogens with zero attached hydrogens (tertiary/aromatic N) is 3. The van der Waals surface area contributed by atoms with Crippen LogP contribution >= 0.6 is 11.8 Å². The van der Waals surface area contributed by atoms with Crippen LogP contribution in [0, 0.1) is 0 Å². The van der Waals surface area contributed by atoms with Gasteiger partial charge in [-0.25, -0.2) is 0 Å². The Balaban J connectivity index is 1.63. The van der Waals surface area contributed by atoms with Gasteiger partial charge in [-0.2, -0.15) is 0 Å². The summed E-state index contributed by atoms with van der Waals surface area (Å²) in [6.07, 6.45) is 4.74. The Morgan fingerprint density at radius 3 is 2.41 bits per heavy atom. The largest absolute Gasteiger partial charge is 0.356 e. The molecule has 29 heavy (non-hydrogen) atoms. The standard InChI is InChI=1S/C23H28N4OS/c1-2-3-10-17-24-21(28)16-11-18-29-23-26-25-22(19-12-6-4-7-13-19)27(23)20-14-8-5-9-15-20/h4-9,12-15H,2-3,10-11,16-18H2,1H3,(H,24,28). The molecule has 0 saturated heterocycles. The van der Waals surface area contributed by atoms with E-state index in [1.165, 1.54) is 6.42 Å².